The minimum atomic E-state index is -0.600. The molecule has 21 heavy (non-hydrogen) atoms. The molecule has 1 amide bonds. The van der Waals surface area contributed by atoms with Gasteiger partial charge < -0.3 is 15.6 Å². The van der Waals surface area contributed by atoms with Crippen LogP contribution < -0.4 is 10.6 Å². The Morgan fingerprint density at radius 2 is 2.10 bits per heavy atom. The fourth-order valence-electron chi connectivity index (χ4n) is 2.02. The van der Waals surface area contributed by atoms with Crippen molar-refractivity contribution in [2.45, 2.75) is 0 Å². The van der Waals surface area contributed by atoms with Gasteiger partial charge in [0, 0.05) is 29.7 Å². The number of hydrogen-bond donors (Lipinski definition) is 3. The maximum atomic E-state index is 13.0. The molecule has 0 bridgehead atoms. The number of aromatic nitrogens is 3. The molecule has 7 heteroatoms. The van der Waals surface area contributed by atoms with Gasteiger partial charge in [0.15, 0.2) is 0 Å². The summed E-state index contributed by atoms with van der Waals surface area (Å²) in [4.78, 5) is 21.9. The molecule has 1 aromatic carbocycles. The minimum absolute atomic E-state index is 0.182. The van der Waals surface area contributed by atoms with Crippen LogP contribution in [0.4, 0.5) is 15.9 Å². The highest BCUT2D eigenvalue weighted by Gasteiger charge is 2.08. The molecule has 0 aliphatic heterocycles. The van der Waals surface area contributed by atoms with E-state index in [4.69, 9.17) is 0 Å². The fraction of sp³-hybridized carbons (Fsp3) is 0.0714. The van der Waals surface area contributed by atoms with Gasteiger partial charge in [-0.25, -0.2) is 9.97 Å². The topological polar surface area (TPSA) is 82.7 Å². The zero-order valence-corrected chi connectivity index (χ0v) is 11.1. The molecule has 0 saturated carbocycles. The van der Waals surface area contributed by atoms with Crippen molar-refractivity contribution in [3.05, 3.63) is 48.3 Å². The first-order valence-electron chi connectivity index (χ1n) is 6.25. The van der Waals surface area contributed by atoms with Gasteiger partial charge in [-0.15, -0.1) is 0 Å². The molecule has 6 nitrogen and oxygen atoms in total. The summed E-state index contributed by atoms with van der Waals surface area (Å²) in [7, 11) is 1.57. The van der Waals surface area contributed by atoms with Gasteiger partial charge in [0.05, 0.1) is 0 Å². The third-order valence-corrected chi connectivity index (χ3v) is 3.00. The van der Waals surface area contributed by atoms with Crippen LogP contribution in [-0.2, 0) is 0 Å². The second-order valence-corrected chi connectivity index (χ2v) is 4.42. The molecule has 0 aliphatic rings. The summed E-state index contributed by atoms with van der Waals surface area (Å²) in [5.74, 6) is -0.417. The standard InChI is InChI=1S/C14H12FN5O/c1-16-14(21)11-5-8-4-9(2-3-10(8)20-11)19-13-6-12(15)17-7-18-13/h2-7,20H,1H3,(H,16,21)(H,17,18,19). The highest BCUT2D eigenvalue weighted by Crippen LogP contribution is 2.22. The molecule has 0 fully saturated rings. The average Bonchev–Trinajstić information content (AvgIpc) is 2.89. The van der Waals surface area contributed by atoms with Crippen LogP contribution in [0.1, 0.15) is 10.5 Å². The molecular weight excluding hydrogens is 273 g/mol. The van der Waals surface area contributed by atoms with E-state index in [2.05, 4.69) is 25.6 Å². The Morgan fingerprint density at radius 1 is 1.24 bits per heavy atom. The number of nitrogens with one attached hydrogen (secondary N) is 3. The Bertz CT molecular complexity index is 814. The number of halogens is 1. The summed E-state index contributed by atoms with van der Waals surface area (Å²) in [6, 6.07) is 8.45. The third-order valence-electron chi connectivity index (χ3n) is 3.00. The number of fused-ring (bicyclic) bond motifs is 1. The van der Waals surface area contributed by atoms with Gasteiger partial charge >= 0.3 is 0 Å². The van der Waals surface area contributed by atoms with Crippen molar-refractivity contribution in [2.75, 3.05) is 12.4 Å². The van der Waals surface area contributed by atoms with E-state index in [9.17, 15) is 9.18 Å². The number of hydrogen-bond acceptors (Lipinski definition) is 4. The SMILES string of the molecule is CNC(=O)c1cc2cc(Nc3cc(F)ncn3)ccc2[nH]1. The van der Waals surface area contributed by atoms with Crippen LogP contribution in [0.2, 0.25) is 0 Å². The van der Waals surface area contributed by atoms with Crippen LogP contribution in [0.5, 0.6) is 0 Å². The van der Waals surface area contributed by atoms with Crippen LogP contribution in [0, 0.1) is 5.95 Å². The summed E-state index contributed by atoms with van der Waals surface area (Å²) >= 11 is 0. The van der Waals surface area contributed by atoms with E-state index >= 15 is 0 Å². The number of H-pyrrole nitrogens is 1. The molecule has 3 rings (SSSR count). The van der Waals surface area contributed by atoms with Crippen molar-refractivity contribution in [3.63, 3.8) is 0 Å². The molecule has 0 saturated heterocycles. The monoisotopic (exact) mass is 285 g/mol. The van der Waals surface area contributed by atoms with Crippen LogP contribution in [0.15, 0.2) is 36.7 Å². The van der Waals surface area contributed by atoms with E-state index in [1.165, 1.54) is 6.07 Å². The molecule has 2 aromatic heterocycles. The second-order valence-electron chi connectivity index (χ2n) is 4.42. The first-order valence-corrected chi connectivity index (χ1v) is 6.25. The number of nitrogens with zero attached hydrogens (tertiary/aromatic N) is 2. The van der Waals surface area contributed by atoms with E-state index in [0.29, 0.717) is 11.5 Å². The van der Waals surface area contributed by atoms with Gasteiger partial charge in [-0.2, -0.15) is 4.39 Å². The summed E-state index contributed by atoms with van der Waals surface area (Å²) in [6.45, 7) is 0. The normalized spacial score (nSPS) is 10.6. The number of anilines is 2. The predicted molar refractivity (Wildman–Crippen MR) is 77.0 cm³/mol. The lowest BCUT2D eigenvalue weighted by Crippen LogP contribution is -2.17. The largest absolute Gasteiger partial charge is 0.354 e. The Labute approximate surface area is 119 Å². The molecule has 0 spiro atoms. The average molecular weight is 285 g/mol. The van der Waals surface area contributed by atoms with Crippen LogP contribution in [0.25, 0.3) is 10.9 Å². The molecule has 3 aromatic rings. The van der Waals surface area contributed by atoms with Crippen LogP contribution >= 0.6 is 0 Å². The maximum Gasteiger partial charge on any atom is 0.267 e. The van der Waals surface area contributed by atoms with Gasteiger partial charge in [0.2, 0.25) is 5.95 Å². The highest BCUT2D eigenvalue weighted by molar-refractivity contribution is 5.98. The van der Waals surface area contributed by atoms with E-state index in [1.54, 1.807) is 13.1 Å². The van der Waals surface area contributed by atoms with E-state index in [1.807, 2.05) is 18.2 Å². The molecule has 3 N–H and O–H groups in total. The smallest absolute Gasteiger partial charge is 0.267 e. The van der Waals surface area contributed by atoms with Crippen LogP contribution in [-0.4, -0.2) is 27.9 Å². The number of carbonyl (C=O) groups excluding carboxylic acids is 1. The summed E-state index contributed by atoms with van der Waals surface area (Å²) < 4.78 is 13.0. The van der Waals surface area contributed by atoms with Crippen molar-refractivity contribution in [1.82, 2.24) is 20.3 Å². The zero-order chi connectivity index (χ0) is 14.8. The Kier molecular flexibility index (Phi) is 3.23. The number of rotatable bonds is 3. The van der Waals surface area contributed by atoms with Crippen molar-refractivity contribution in [1.29, 1.82) is 0 Å². The van der Waals surface area contributed by atoms with Gasteiger partial charge in [-0.1, -0.05) is 0 Å². The Morgan fingerprint density at radius 3 is 2.86 bits per heavy atom. The van der Waals surface area contributed by atoms with Crippen molar-refractivity contribution < 1.29 is 9.18 Å². The lowest BCUT2D eigenvalue weighted by molar-refractivity contribution is 0.0959. The quantitative estimate of drug-likeness (QED) is 0.644. The molecule has 0 radical (unpaired) electrons. The molecule has 0 aliphatic carbocycles. The summed E-state index contributed by atoms with van der Waals surface area (Å²) in [5, 5.41) is 6.41. The zero-order valence-electron chi connectivity index (χ0n) is 11.1. The number of carbonyl (C=O) groups is 1. The summed E-state index contributed by atoms with van der Waals surface area (Å²) in [5.41, 5.74) is 2.06. The molecule has 0 atom stereocenters. The van der Waals surface area contributed by atoms with E-state index in [0.717, 1.165) is 22.9 Å². The highest BCUT2D eigenvalue weighted by atomic mass is 19.1. The third kappa shape index (κ3) is 2.66. The predicted octanol–water partition coefficient (Wildman–Crippen LogP) is 2.20. The Hall–Kier alpha value is -2.96. The van der Waals surface area contributed by atoms with Crippen molar-refractivity contribution >= 4 is 28.3 Å². The first kappa shape index (κ1) is 13.0. The molecular formula is C14H12FN5O. The molecule has 0 unspecified atom stereocenters. The van der Waals surface area contributed by atoms with Gasteiger partial charge in [0.1, 0.15) is 17.8 Å². The second kappa shape index (κ2) is 5.20. The minimum Gasteiger partial charge on any atom is -0.354 e. The number of benzene rings is 1. The van der Waals surface area contributed by atoms with Crippen LogP contribution in [0.3, 0.4) is 0 Å². The maximum absolute atomic E-state index is 13.0. The summed E-state index contributed by atoms with van der Waals surface area (Å²) in [6.07, 6.45) is 1.15. The van der Waals surface area contributed by atoms with Crippen molar-refractivity contribution in [3.8, 4) is 0 Å². The van der Waals surface area contributed by atoms with Crippen molar-refractivity contribution in [2.24, 2.45) is 0 Å². The van der Waals surface area contributed by atoms with Gasteiger partial charge in [0.25, 0.3) is 5.91 Å². The Balaban J connectivity index is 1.92. The molecule has 2 heterocycles. The fourth-order valence-corrected chi connectivity index (χ4v) is 2.02. The number of aromatic amines is 1. The van der Waals surface area contributed by atoms with E-state index in [-0.39, 0.29) is 5.91 Å². The number of amides is 1. The van der Waals surface area contributed by atoms with Gasteiger partial charge in [-0.3, -0.25) is 4.79 Å². The lowest BCUT2D eigenvalue weighted by Gasteiger charge is -2.04. The molecule has 106 valence electrons. The van der Waals surface area contributed by atoms with E-state index < -0.39 is 5.95 Å². The van der Waals surface area contributed by atoms with Gasteiger partial charge in [-0.05, 0) is 24.3 Å². The lowest BCUT2D eigenvalue weighted by atomic mass is 10.2. The first-order chi connectivity index (χ1) is 10.2.